The summed E-state index contributed by atoms with van der Waals surface area (Å²) in [5.74, 6) is -1.59. The fourth-order valence-corrected chi connectivity index (χ4v) is 7.75. The molecule has 5 aromatic carbocycles. The van der Waals surface area contributed by atoms with Crippen molar-refractivity contribution in [1.82, 2.24) is 0 Å². The van der Waals surface area contributed by atoms with Crippen LogP contribution in [0.25, 0.3) is 10.8 Å². The molecule has 1 aliphatic heterocycles. The van der Waals surface area contributed by atoms with Gasteiger partial charge < -0.3 is 0 Å². The van der Waals surface area contributed by atoms with Gasteiger partial charge in [-0.1, -0.05) is 84.9 Å². The number of fused-ring (bicyclic) bond motifs is 1. The van der Waals surface area contributed by atoms with E-state index in [1.54, 1.807) is 0 Å². The first kappa shape index (κ1) is 23.8. The van der Waals surface area contributed by atoms with Crippen LogP contribution in [0.1, 0.15) is 28.2 Å². The van der Waals surface area contributed by atoms with Gasteiger partial charge in [-0.3, -0.25) is 14.6 Å². The lowest BCUT2D eigenvalue weighted by Crippen LogP contribution is -2.54. The largest absolute Gasteiger partial charge is 0.274 e. The maximum absolute atomic E-state index is 14.7. The van der Waals surface area contributed by atoms with E-state index in [-0.39, 0.29) is 17.7 Å². The van der Waals surface area contributed by atoms with Crippen molar-refractivity contribution in [3.63, 3.8) is 0 Å². The quantitative estimate of drug-likeness (QED) is 0.119. The number of hydrogen-bond donors (Lipinski definition) is 0. The van der Waals surface area contributed by atoms with Gasteiger partial charge in [0.1, 0.15) is 0 Å². The number of hydrogen-bond acceptors (Lipinski definition) is 3. The van der Waals surface area contributed by atoms with Gasteiger partial charge in [0.25, 0.3) is 0 Å². The molecule has 0 spiro atoms. The molecule has 1 heterocycles. The van der Waals surface area contributed by atoms with E-state index >= 15 is 0 Å². The molecule has 0 unspecified atom stereocenters. The lowest BCUT2D eigenvalue weighted by molar-refractivity contribution is -0.122. The molecule has 2 amide bonds. The van der Waals surface area contributed by atoms with Gasteiger partial charge in [0.2, 0.25) is 11.8 Å². The minimum atomic E-state index is -0.873. The van der Waals surface area contributed by atoms with Crippen LogP contribution in [0.2, 0.25) is 0 Å². The summed E-state index contributed by atoms with van der Waals surface area (Å²) < 4.78 is 1.13. The van der Waals surface area contributed by atoms with E-state index in [0.29, 0.717) is 5.69 Å². The number of halogens is 1. The van der Waals surface area contributed by atoms with Gasteiger partial charge in [-0.15, -0.1) is 0 Å². The number of rotatable bonds is 3. The minimum absolute atomic E-state index is 0.132. The maximum Gasteiger partial charge on any atom is 0.239 e. The zero-order chi connectivity index (χ0) is 27.0. The molecule has 192 valence electrons. The van der Waals surface area contributed by atoms with Crippen molar-refractivity contribution in [3.8, 4) is 0 Å². The predicted molar refractivity (Wildman–Crippen MR) is 166 cm³/mol. The molecule has 2 bridgehead atoms. The van der Waals surface area contributed by atoms with Gasteiger partial charge in [0.15, 0.2) is 0 Å². The van der Waals surface area contributed by atoms with Crippen molar-refractivity contribution in [1.29, 1.82) is 0 Å². The molecule has 1 saturated heterocycles. The zero-order valence-corrected chi connectivity index (χ0v) is 23.5. The van der Waals surface area contributed by atoms with Crippen LogP contribution in [0, 0.1) is 15.4 Å². The van der Waals surface area contributed by atoms with Crippen molar-refractivity contribution in [2.75, 3.05) is 4.90 Å². The second kappa shape index (κ2) is 8.70. The molecule has 4 aliphatic rings. The predicted octanol–water partition coefficient (Wildman–Crippen LogP) is 7.40. The number of amides is 2. The molecule has 9 rings (SSSR count). The molecule has 5 aromatic rings. The summed E-state index contributed by atoms with van der Waals surface area (Å²) in [6.45, 7) is 0. The Bertz CT molecular complexity index is 1840. The molecular formula is C35H23IN2O2. The van der Waals surface area contributed by atoms with Crippen LogP contribution in [0.3, 0.4) is 0 Å². The standard InChI is InChI=1S/C35H23IN2O2/c36-22-16-18-23(19-17-22)37-20-35-27-13-5-3-11-25(27)30(26-12-4-6-14-28(26)35)31-32(35)34(40)38(33(31)39)29-15-7-9-21-8-1-2-10-24(21)29/h1-20,30-32H/t30?,31-,32+,35?/m0/s1. The highest BCUT2D eigenvalue weighted by Gasteiger charge is 2.68. The van der Waals surface area contributed by atoms with Crippen LogP contribution in [-0.2, 0) is 15.0 Å². The first-order valence-corrected chi connectivity index (χ1v) is 14.5. The molecule has 5 heteroatoms. The van der Waals surface area contributed by atoms with Crippen molar-refractivity contribution >= 4 is 62.8 Å². The van der Waals surface area contributed by atoms with Crippen LogP contribution in [0.15, 0.2) is 120 Å². The van der Waals surface area contributed by atoms with Crippen LogP contribution < -0.4 is 4.90 Å². The van der Waals surface area contributed by atoms with E-state index in [2.05, 4.69) is 46.9 Å². The van der Waals surface area contributed by atoms with Gasteiger partial charge in [-0.2, -0.15) is 0 Å². The summed E-state index contributed by atoms with van der Waals surface area (Å²) in [6, 6.07) is 38.4. The SMILES string of the molecule is O=C1[C@H]2C3c4ccccc4C(C=Nc4ccc(I)cc4)(c4ccccc43)[C@H]2C(=O)N1c1cccc2ccccc12. The van der Waals surface area contributed by atoms with Crippen LogP contribution in [-0.4, -0.2) is 18.0 Å². The maximum atomic E-state index is 14.7. The van der Waals surface area contributed by atoms with Gasteiger partial charge in [-0.05, 0) is 80.6 Å². The molecule has 40 heavy (non-hydrogen) atoms. The molecule has 0 saturated carbocycles. The van der Waals surface area contributed by atoms with Gasteiger partial charge in [0, 0.05) is 21.1 Å². The fourth-order valence-electron chi connectivity index (χ4n) is 7.39. The van der Waals surface area contributed by atoms with Gasteiger partial charge >= 0.3 is 0 Å². The summed E-state index contributed by atoms with van der Waals surface area (Å²) in [6.07, 6.45) is 1.96. The zero-order valence-electron chi connectivity index (χ0n) is 21.4. The third kappa shape index (κ3) is 3.09. The van der Waals surface area contributed by atoms with Crippen LogP contribution in [0.4, 0.5) is 11.4 Å². The highest BCUT2D eigenvalue weighted by atomic mass is 127. The van der Waals surface area contributed by atoms with E-state index < -0.39 is 17.3 Å². The highest BCUT2D eigenvalue weighted by molar-refractivity contribution is 14.1. The molecule has 0 N–H and O–H groups in total. The first-order chi connectivity index (χ1) is 19.6. The summed E-state index contributed by atoms with van der Waals surface area (Å²) in [4.78, 5) is 35.7. The molecule has 1 fully saturated rings. The van der Waals surface area contributed by atoms with E-state index in [9.17, 15) is 9.59 Å². The van der Waals surface area contributed by atoms with E-state index in [0.717, 1.165) is 42.3 Å². The summed E-state index contributed by atoms with van der Waals surface area (Å²) in [5.41, 5.74) is 4.94. The Morgan fingerprint density at radius 2 is 1.32 bits per heavy atom. The summed E-state index contributed by atoms with van der Waals surface area (Å²) >= 11 is 2.28. The summed E-state index contributed by atoms with van der Waals surface area (Å²) in [7, 11) is 0. The Kier molecular flexibility index (Phi) is 5.17. The van der Waals surface area contributed by atoms with Gasteiger partial charge in [-0.25, -0.2) is 4.90 Å². The Hall–Kier alpha value is -4.10. The number of carbonyl (C=O) groups excluding carboxylic acids is 2. The number of benzene rings is 5. The second-order valence-electron chi connectivity index (χ2n) is 10.8. The van der Waals surface area contributed by atoms with E-state index in [1.807, 2.05) is 97.2 Å². The number of imide groups is 1. The van der Waals surface area contributed by atoms with Crippen LogP contribution in [0.5, 0.6) is 0 Å². The fraction of sp³-hybridized carbons (Fsp3) is 0.114. The monoisotopic (exact) mass is 630 g/mol. The minimum Gasteiger partial charge on any atom is -0.274 e. The Labute approximate surface area is 245 Å². The lowest BCUT2D eigenvalue weighted by atomic mass is 9.47. The number of carbonyl (C=O) groups is 2. The number of aliphatic imine (C=N–C) groups is 1. The molecule has 2 atom stereocenters. The normalized spacial score (nSPS) is 24.4. The molecule has 4 nitrogen and oxygen atoms in total. The Morgan fingerprint density at radius 3 is 2.05 bits per heavy atom. The molecule has 0 aromatic heterocycles. The molecular weight excluding hydrogens is 607 g/mol. The van der Waals surface area contributed by atoms with Crippen molar-refractivity contribution in [2.45, 2.75) is 11.3 Å². The van der Waals surface area contributed by atoms with Crippen molar-refractivity contribution in [2.24, 2.45) is 16.8 Å². The second-order valence-corrected chi connectivity index (χ2v) is 12.0. The van der Waals surface area contributed by atoms with Crippen molar-refractivity contribution < 1.29 is 9.59 Å². The van der Waals surface area contributed by atoms with Crippen LogP contribution >= 0.6 is 22.6 Å². The van der Waals surface area contributed by atoms with Gasteiger partial charge in [0.05, 0.1) is 28.6 Å². The Morgan fingerprint density at radius 1 is 0.700 bits per heavy atom. The highest BCUT2D eigenvalue weighted by Crippen LogP contribution is 2.64. The number of anilines is 1. The topological polar surface area (TPSA) is 49.7 Å². The third-order valence-electron chi connectivity index (χ3n) is 8.94. The molecule has 3 aliphatic carbocycles. The lowest BCUT2D eigenvalue weighted by Gasteiger charge is -2.52. The average molecular weight is 630 g/mol. The average Bonchev–Trinajstić information content (AvgIpc) is 3.27. The van der Waals surface area contributed by atoms with E-state index in [1.165, 1.54) is 4.90 Å². The smallest absolute Gasteiger partial charge is 0.239 e. The third-order valence-corrected chi connectivity index (χ3v) is 9.65. The first-order valence-electron chi connectivity index (χ1n) is 13.4. The number of nitrogens with zero attached hydrogens (tertiary/aromatic N) is 2. The van der Waals surface area contributed by atoms with E-state index in [4.69, 9.17) is 4.99 Å². The Balaban J connectivity index is 1.40. The summed E-state index contributed by atoms with van der Waals surface area (Å²) in [5, 5.41) is 1.90. The molecule has 0 radical (unpaired) electrons. The van der Waals surface area contributed by atoms with Crippen molar-refractivity contribution in [3.05, 3.63) is 141 Å².